The summed E-state index contributed by atoms with van der Waals surface area (Å²) in [6.07, 6.45) is 0.583. The monoisotopic (exact) mass is 575 g/mol. The first-order chi connectivity index (χ1) is 19.8. The summed E-state index contributed by atoms with van der Waals surface area (Å²) in [4.78, 5) is 52.1. The molecule has 222 valence electrons. The van der Waals surface area contributed by atoms with Crippen LogP contribution < -0.4 is 16.8 Å². The Bertz CT molecular complexity index is 1430. The number of nitrogens with two attached hydrogens (primary N) is 2. The van der Waals surface area contributed by atoms with Crippen molar-refractivity contribution in [2.45, 2.75) is 64.3 Å². The number of aliphatic hydroxyl groups excluding tert-OH is 1. The average Bonchev–Trinajstić information content (AvgIpc) is 3.59. The van der Waals surface area contributed by atoms with Gasteiger partial charge in [-0.25, -0.2) is 4.68 Å². The van der Waals surface area contributed by atoms with Crippen LogP contribution in [0, 0.1) is 5.41 Å². The normalized spacial score (nSPS) is 18.3. The Kier molecular flexibility index (Phi) is 9.05. The topological polar surface area (TPSA) is 187 Å². The lowest BCUT2D eigenvalue weighted by Crippen LogP contribution is -2.53. The zero-order valence-electron chi connectivity index (χ0n) is 23.9. The van der Waals surface area contributed by atoms with Crippen LogP contribution in [-0.2, 0) is 20.8 Å². The van der Waals surface area contributed by atoms with Crippen LogP contribution in [-0.4, -0.2) is 73.4 Å². The molecule has 0 saturated carbocycles. The first kappa shape index (κ1) is 30.4. The van der Waals surface area contributed by atoms with E-state index in [4.69, 9.17) is 11.5 Å². The number of aromatic nitrogens is 3. The smallest absolute Gasteiger partial charge is 0.270 e. The van der Waals surface area contributed by atoms with Crippen molar-refractivity contribution in [3.63, 3.8) is 0 Å². The van der Waals surface area contributed by atoms with E-state index < -0.39 is 53.3 Å². The molecule has 12 nitrogen and oxygen atoms in total. The molecular formula is C30H37N7O5. The molecule has 6 N–H and O–H groups in total. The average molecular weight is 576 g/mol. The zero-order valence-corrected chi connectivity index (χ0v) is 23.9. The predicted molar refractivity (Wildman–Crippen MR) is 154 cm³/mol. The molecule has 4 atom stereocenters. The molecule has 0 spiro atoms. The van der Waals surface area contributed by atoms with Gasteiger partial charge in [0.1, 0.15) is 12.1 Å². The molecule has 4 amide bonds. The van der Waals surface area contributed by atoms with Crippen LogP contribution in [0.15, 0.2) is 60.8 Å². The summed E-state index contributed by atoms with van der Waals surface area (Å²) in [6, 6.07) is 14.9. The van der Waals surface area contributed by atoms with Gasteiger partial charge in [-0.1, -0.05) is 80.6 Å². The molecule has 0 radical (unpaired) electrons. The highest BCUT2D eigenvalue weighted by atomic mass is 16.3. The molecule has 12 heteroatoms. The minimum absolute atomic E-state index is 0.0180. The third kappa shape index (κ3) is 7.19. The first-order valence-corrected chi connectivity index (χ1v) is 13.8. The highest BCUT2D eigenvalue weighted by Gasteiger charge is 2.42. The Balaban J connectivity index is 1.46. The van der Waals surface area contributed by atoms with Crippen LogP contribution in [0.5, 0.6) is 0 Å². The fraction of sp³-hybridized carbons (Fsp3) is 0.400. The van der Waals surface area contributed by atoms with Gasteiger partial charge in [0.2, 0.25) is 17.7 Å². The van der Waals surface area contributed by atoms with E-state index in [-0.39, 0.29) is 31.5 Å². The van der Waals surface area contributed by atoms with Crippen molar-refractivity contribution in [2.24, 2.45) is 16.9 Å². The lowest BCUT2D eigenvalue weighted by atomic mass is 9.84. The minimum atomic E-state index is -1.01. The number of carbonyl (C=O) groups is 4. The van der Waals surface area contributed by atoms with Crippen molar-refractivity contribution in [1.82, 2.24) is 25.2 Å². The van der Waals surface area contributed by atoms with Crippen LogP contribution in [0.1, 0.15) is 55.7 Å². The number of nitrogens with one attached hydrogen (secondary N) is 1. The molecule has 2 aromatic carbocycles. The molecule has 2 heterocycles. The van der Waals surface area contributed by atoms with Crippen molar-refractivity contribution in [3.8, 4) is 11.1 Å². The third-order valence-corrected chi connectivity index (χ3v) is 7.51. The lowest BCUT2D eigenvalue weighted by molar-refractivity contribution is -0.140. The molecule has 0 bridgehead atoms. The third-order valence-electron chi connectivity index (χ3n) is 7.51. The van der Waals surface area contributed by atoms with Crippen LogP contribution in [0.4, 0.5) is 0 Å². The van der Waals surface area contributed by atoms with Gasteiger partial charge in [0, 0.05) is 25.8 Å². The number of hydrogen-bond acceptors (Lipinski definition) is 7. The number of amides is 4. The number of nitrogens with zero attached hydrogens (tertiary/aromatic N) is 4. The van der Waals surface area contributed by atoms with E-state index in [1.807, 2.05) is 75.4 Å². The maximum Gasteiger partial charge on any atom is 0.270 e. The molecule has 0 aliphatic carbocycles. The van der Waals surface area contributed by atoms with Gasteiger partial charge in [-0.15, -0.1) is 5.10 Å². The largest absolute Gasteiger partial charge is 0.391 e. The standard InChI is InChI=1S/C30H37N7O5/c1-30(2,3)25(37-17-23(28(32)41)34-35-37)15-26(39)36-16-21(38)14-24(36)29(42)33-22(27(31)40)13-18-9-11-20(12-10-18)19-7-5-4-6-8-19/h4-12,17,21-22,24-25,38H,13-16H2,1-3H3,(H2,31,40)(H2,32,41)(H,33,42)/t21-,22-,24+,25-/m1/s1. The lowest BCUT2D eigenvalue weighted by Gasteiger charge is -2.32. The molecular weight excluding hydrogens is 538 g/mol. The molecule has 1 aliphatic rings. The Morgan fingerprint density at radius 1 is 1.02 bits per heavy atom. The van der Waals surface area contributed by atoms with E-state index in [1.165, 1.54) is 15.8 Å². The number of hydrogen-bond donors (Lipinski definition) is 4. The van der Waals surface area contributed by atoms with E-state index in [1.54, 1.807) is 0 Å². The van der Waals surface area contributed by atoms with Crippen LogP contribution >= 0.6 is 0 Å². The Labute approximate surface area is 244 Å². The quantitative estimate of drug-likeness (QED) is 0.279. The highest BCUT2D eigenvalue weighted by molar-refractivity contribution is 5.92. The predicted octanol–water partition coefficient (Wildman–Crippen LogP) is 1.20. The molecule has 3 aromatic rings. The maximum atomic E-state index is 13.5. The first-order valence-electron chi connectivity index (χ1n) is 13.8. The van der Waals surface area contributed by atoms with E-state index >= 15 is 0 Å². The summed E-state index contributed by atoms with van der Waals surface area (Å²) in [5.41, 5.74) is 13.3. The van der Waals surface area contributed by atoms with Crippen molar-refractivity contribution in [1.29, 1.82) is 0 Å². The fourth-order valence-electron chi connectivity index (χ4n) is 5.15. The van der Waals surface area contributed by atoms with E-state index in [9.17, 15) is 24.3 Å². The summed E-state index contributed by atoms with van der Waals surface area (Å²) >= 11 is 0. The van der Waals surface area contributed by atoms with Gasteiger partial charge in [0.15, 0.2) is 5.69 Å². The Morgan fingerprint density at radius 2 is 1.67 bits per heavy atom. The summed E-state index contributed by atoms with van der Waals surface area (Å²) in [7, 11) is 0. The number of benzene rings is 2. The molecule has 1 aliphatic heterocycles. The van der Waals surface area contributed by atoms with Crippen LogP contribution in [0.2, 0.25) is 0 Å². The van der Waals surface area contributed by atoms with Gasteiger partial charge in [-0.05, 0) is 22.1 Å². The number of likely N-dealkylation sites (tertiary alicyclic amines) is 1. The summed E-state index contributed by atoms with van der Waals surface area (Å²) in [5, 5.41) is 20.9. The van der Waals surface area contributed by atoms with E-state index in [2.05, 4.69) is 15.6 Å². The van der Waals surface area contributed by atoms with E-state index in [0.717, 1.165) is 16.7 Å². The molecule has 1 fully saturated rings. The minimum Gasteiger partial charge on any atom is -0.391 e. The molecule has 0 unspecified atom stereocenters. The number of β-amino-alcohol motifs (C(OH)–C–C–N with tert-alkyl or cyclic N) is 1. The summed E-state index contributed by atoms with van der Waals surface area (Å²) in [6.45, 7) is 5.68. The Hall–Kier alpha value is -4.58. The van der Waals surface area contributed by atoms with Gasteiger partial charge in [-0.3, -0.25) is 19.2 Å². The number of primary amides is 2. The van der Waals surface area contributed by atoms with Crippen LogP contribution in [0.25, 0.3) is 11.1 Å². The van der Waals surface area contributed by atoms with Gasteiger partial charge >= 0.3 is 0 Å². The molecule has 1 saturated heterocycles. The zero-order chi connectivity index (χ0) is 30.6. The molecule has 4 rings (SSSR count). The SMILES string of the molecule is CC(C)(C)[C@@H](CC(=O)N1C[C@H](O)C[C@H]1C(=O)N[C@H](Cc1ccc(-c2ccccc2)cc1)C(N)=O)n1cc(C(N)=O)nn1. The second-order valence-electron chi connectivity index (χ2n) is 11.7. The summed E-state index contributed by atoms with van der Waals surface area (Å²) in [5.74, 6) is -2.42. The van der Waals surface area contributed by atoms with Crippen molar-refractivity contribution >= 4 is 23.6 Å². The molecule has 1 aromatic heterocycles. The highest BCUT2D eigenvalue weighted by Crippen LogP contribution is 2.34. The van der Waals surface area contributed by atoms with E-state index in [0.29, 0.717) is 0 Å². The fourth-order valence-corrected chi connectivity index (χ4v) is 5.15. The second kappa shape index (κ2) is 12.5. The van der Waals surface area contributed by atoms with Crippen LogP contribution in [0.3, 0.4) is 0 Å². The van der Waals surface area contributed by atoms with Crippen molar-refractivity contribution in [3.05, 3.63) is 72.1 Å². The van der Waals surface area contributed by atoms with Gasteiger partial charge in [0.25, 0.3) is 5.91 Å². The number of aliphatic hydroxyl groups is 1. The van der Waals surface area contributed by atoms with Gasteiger partial charge in [0.05, 0.1) is 18.3 Å². The number of rotatable bonds is 10. The number of carbonyl (C=O) groups excluding carboxylic acids is 4. The van der Waals surface area contributed by atoms with Gasteiger partial charge < -0.3 is 26.8 Å². The Morgan fingerprint density at radius 3 is 2.24 bits per heavy atom. The maximum absolute atomic E-state index is 13.5. The van der Waals surface area contributed by atoms with Crippen molar-refractivity contribution in [2.75, 3.05) is 6.54 Å². The van der Waals surface area contributed by atoms with Gasteiger partial charge in [-0.2, -0.15) is 0 Å². The van der Waals surface area contributed by atoms with Crippen molar-refractivity contribution < 1.29 is 24.3 Å². The second-order valence-corrected chi connectivity index (χ2v) is 11.7. The molecule has 42 heavy (non-hydrogen) atoms. The summed E-state index contributed by atoms with van der Waals surface area (Å²) < 4.78 is 1.42.